The largest absolute Gasteiger partial charge is 0.300 e. The van der Waals surface area contributed by atoms with Crippen molar-refractivity contribution in [2.75, 3.05) is 0 Å². The Hall–Kier alpha value is -1.11. The number of hydrogen-bond acceptors (Lipinski definition) is 1. The maximum atomic E-state index is 10.8. The average molecular weight is 246 g/mol. The zero-order valence-corrected chi connectivity index (χ0v) is 11.7. The first-order valence-electron chi connectivity index (χ1n) is 7.32. The number of carbonyl (C=O) groups is 1. The van der Waals surface area contributed by atoms with Gasteiger partial charge in [0, 0.05) is 6.42 Å². The van der Waals surface area contributed by atoms with Crippen molar-refractivity contribution in [3.05, 3.63) is 35.9 Å². The number of aryl methyl sites for hydroxylation is 1. The van der Waals surface area contributed by atoms with E-state index in [4.69, 9.17) is 0 Å². The van der Waals surface area contributed by atoms with Crippen molar-refractivity contribution < 1.29 is 4.79 Å². The van der Waals surface area contributed by atoms with E-state index in [0.717, 1.165) is 12.8 Å². The second kappa shape index (κ2) is 9.87. The van der Waals surface area contributed by atoms with Crippen molar-refractivity contribution in [1.29, 1.82) is 0 Å². The molecule has 0 atom stereocenters. The first kappa shape index (κ1) is 14.9. The number of benzene rings is 1. The van der Waals surface area contributed by atoms with Crippen LogP contribution in [0.1, 0.15) is 63.9 Å². The van der Waals surface area contributed by atoms with Crippen LogP contribution in [-0.4, -0.2) is 5.78 Å². The monoisotopic (exact) mass is 246 g/mol. The molecule has 0 bridgehead atoms. The molecule has 0 aliphatic heterocycles. The van der Waals surface area contributed by atoms with E-state index in [1.165, 1.54) is 50.5 Å². The molecule has 0 aliphatic carbocycles. The highest BCUT2D eigenvalue weighted by Gasteiger charge is 1.95. The standard InChI is InChI=1S/C17H26O/c1-16(18)12-8-5-3-2-4-6-9-13-17-14-10-7-11-15-17/h7,10-11,14-15H,2-6,8-9,12-13H2,1H3. The minimum atomic E-state index is 0.331. The molecule has 0 N–H and O–H groups in total. The number of ketones is 1. The minimum Gasteiger partial charge on any atom is -0.300 e. The summed E-state index contributed by atoms with van der Waals surface area (Å²) in [7, 11) is 0. The molecule has 0 saturated carbocycles. The number of carbonyl (C=O) groups excluding carboxylic acids is 1. The summed E-state index contributed by atoms with van der Waals surface area (Å²) >= 11 is 0. The maximum Gasteiger partial charge on any atom is 0.129 e. The molecular formula is C17H26O. The molecule has 0 saturated heterocycles. The van der Waals surface area contributed by atoms with E-state index < -0.39 is 0 Å². The van der Waals surface area contributed by atoms with E-state index in [1.807, 2.05) is 0 Å². The topological polar surface area (TPSA) is 17.1 Å². The molecule has 100 valence electrons. The summed E-state index contributed by atoms with van der Waals surface area (Å²) in [5.41, 5.74) is 1.46. The van der Waals surface area contributed by atoms with Crippen molar-refractivity contribution in [3.8, 4) is 0 Å². The predicted octanol–water partition coefficient (Wildman–Crippen LogP) is 4.94. The Morgan fingerprint density at radius 1 is 0.833 bits per heavy atom. The molecule has 1 nitrogen and oxygen atoms in total. The molecule has 18 heavy (non-hydrogen) atoms. The van der Waals surface area contributed by atoms with E-state index >= 15 is 0 Å². The fraction of sp³-hybridized carbons (Fsp3) is 0.588. The highest BCUT2D eigenvalue weighted by Crippen LogP contribution is 2.11. The van der Waals surface area contributed by atoms with Gasteiger partial charge in [0.15, 0.2) is 0 Å². The lowest BCUT2D eigenvalue weighted by Gasteiger charge is -2.02. The summed E-state index contributed by atoms with van der Waals surface area (Å²) in [5, 5.41) is 0. The van der Waals surface area contributed by atoms with Gasteiger partial charge in [-0.2, -0.15) is 0 Å². The number of Topliss-reactive ketones (excluding diaryl/α,β-unsaturated/α-hetero) is 1. The van der Waals surface area contributed by atoms with E-state index in [0.29, 0.717) is 5.78 Å². The van der Waals surface area contributed by atoms with Crippen molar-refractivity contribution in [2.45, 2.75) is 64.7 Å². The van der Waals surface area contributed by atoms with E-state index in [-0.39, 0.29) is 0 Å². The smallest absolute Gasteiger partial charge is 0.129 e. The molecular weight excluding hydrogens is 220 g/mol. The fourth-order valence-electron chi connectivity index (χ4n) is 2.23. The Bertz CT molecular complexity index is 316. The van der Waals surface area contributed by atoms with Crippen LogP contribution in [0.25, 0.3) is 0 Å². The van der Waals surface area contributed by atoms with Gasteiger partial charge in [-0.05, 0) is 31.7 Å². The first-order chi connectivity index (χ1) is 8.79. The zero-order chi connectivity index (χ0) is 13.1. The lowest BCUT2D eigenvalue weighted by atomic mass is 10.0. The molecule has 1 aromatic carbocycles. The van der Waals surface area contributed by atoms with E-state index in [9.17, 15) is 4.79 Å². The van der Waals surface area contributed by atoms with Gasteiger partial charge in [0.2, 0.25) is 0 Å². The number of rotatable bonds is 10. The van der Waals surface area contributed by atoms with Crippen LogP contribution in [0.4, 0.5) is 0 Å². The van der Waals surface area contributed by atoms with Gasteiger partial charge >= 0.3 is 0 Å². The van der Waals surface area contributed by atoms with Gasteiger partial charge in [-0.1, -0.05) is 62.4 Å². The summed E-state index contributed by atoms with van der Waals surface area (Å²) < 4.78 is 0. The molecule has 0 amide bonds. The van der Waals surface area contributed by atoms with Crippen molar-refractivity contribution in [2.24, 2.45) is 0 Å². The van der Waals surface area contributed by atoms with Crippen LogP contribution in [0.15, 0.2) is 30.3 Å². The highest BCUT2D eigenvalue weighted by molar-refractivity contribution is 5.75. The Morgan fingerprint density at radius 3 is 2.00 bits per heavy atom. The van der Waals surface area contributed by atoms with Crippen molar-refractivity contribution >= 4 is 5.78 Å². The average Bonchev–Trinajstić information content (AvgIpc) is 2.37. The SMILES string of the molecule is CC(=O)CCCCCCCCCc1ccccc1. The molecule has 1 heteroatoms. The minimum absolute atomic E-state index is 0.331. The van der Waals surface area contributed by atoms with Gasteiger partial charge in [-0.15, -0.1) is 0 Å². The van der Waals surface area contributed by atoms with Crippen LogP contribution in [-0.2, 0) is 11.2 Å². The Balaban J connectivity index is 1.86. The van der Waals surface area contributed by atoms with Gasteiger partial charge < -0.3 is 4.79 Å². The number of unbranched alkanes of at least 4 members (excludes halogenated alkanes) is 6. The van der Waals surface area contributed by atoms with Crippen LogP contribution in [0.2, 0.25) is 0 Å². The van der Waals surface area contributed by atoms with Crippen LogP contribution in [0, 0.1) is 0 Å². The quantitative estimate of drug-likeness (QED) is 0.534. The molecule has 0 aromatic heterocycles. The molecule has 0 heterocycles. The predicted molar refractivity (Wildman–Crippen MR) is 77.8 cm³/mol. The summed E-state index contributed by atoms with van der Waals surface area (Å²) in [4.78, 5) is 10.8. The second-order valence-corrected chi connectivity index (χ2v) is 5.16. The number of hydrogen-bond donors (Lipinski definition) is 0. The van der Waals surface area contributed by atoms with Gasteiger partial charge in [0.05, 0.1) is 0 Å². The molecule has 0 fully saturated rings. The Morgan fingerprint density at radius 2 is 1.39 bits per heavy atom. The third-order valence-corrected chi connectivity index (χ3v) is 3.34. The molecule has 0 unspecified atom stereocenters. The van der Waals surface area contributed by atoms with Crippen molar-refractivity contribution in [3.63, 3.8) is 0 Å². The summed E-state index contributed by atoms with van der Waals surface area (Å²) in [6, 6.07) is 10.7. The molecule has 0 aliphatic rings. The molecule has 1 aromatic rings. The lowest BCUT2D eigenvalue weighted by molar-refractivity contribution is -0.117. The molecule has 0 radical (unpaired) electrons. The summed E-state index contributed by atoms with van der Waals surface area (Å²) in [6.45, 7) is 1.68. The molecule has 0 spiro atoms. The normalized spacial score (nSPS) is 10.5. The van der Waals surface area contributed by atoms with E-state index in [1.54, 1.807) is 6.92 Å². The Kier molecular flexibility index (Phi) is 8.20. The highest BCUT2D eigenvalue weighted by atomic mass is 16.1. The fourth-order valence-corrected chi connectivity index (χ4v) is 2.23. The van der Waals surface area contributed by atoms with E-state index in [2.05, 4.69) is 30.3 Å². The summed E-state index contributed by atoms with van der Waals surface area (Å²) in [5.74, 6) is 0.331. The van der Waals surface area contributed by atoms with Gasteiger partial charge in [-0.3, -0.25) is 0 Å². The summed E-state index contributed by atoms with van der Waals surface area (Å²) in [6.07, 6.45) is 10.9. The first-order valence-corrected chi connectivity index (χ1v) is 7.32. The Labute approximate surface area is 112 Å². The third-order valence-electron chi connectivity index (χ3n) is 3.34. The zero-order valence-electron chi connectivity index (χ0n) is 11.7. The van der Waals surface area contributed by atoms with Gasteiger partial charge in [0.25, 0.3) is 0 Å². The third kappa shape index (κ3) is 8.05. The molecule has 1 rings (SSSR count). The van der Waals surface area contributed by atoms with Crippen LogP contribution in [0.5, 0.6) is 0 Å². The maximum absolute atomic E-state index is 10.8. The van der Waals surface area contributed by atoms with Crippen molar-refractivity contribution in [1.82, 2.24) is 0 Å². The lowest BCUT2D eigenvalue weighted by Crippen LogP contribution is -1.89. The van der Waals surface area contributed by atoms with Crippen LogP contribution < -0.4 is 0 Å². The van der Waals surface area contributed by atoms with Crippen LogP contribution >= 0.6 is 0 Å². The van der Waals surface area contributed by atoms with Gasteiger partial charge in [0.1, 0.15) is 5.78 Å². The van der Waals surface area contributed by atoms with Crippen LogP contribution in [0.3, 0.4) is 0 Å². The van der Waals surface area contributed by atoms with Gasteiger partial charge in [-0.25, -0.2) is 0 Å². The second-order valence-electron chi connectivity index (χ2n) is 5.16.